The van der Waals surface area contributed by atoms with Crippen LogP contribution in [-0.2, 0) is 4.79 Å². The highest BCUT2D eigenvalue weighted by Crippen LogP contribution is 2.47. The number of aliphatic carboxylic acids is 1. The summed E-state index contributed by atoms with van der Waals surface area (Å²) in [5.74, 6) is -1.46. The first kappa shape index (κ1) is 18.3. The fourth-order valence-electron chi connectivity index (χ4n) is 4.48. The van der Waals surface area contributed by atoms with Crippen molar-refractivity contribution < 1.29 is 9.90 Å². The van der Waals surface area contributed by atoms with Crippen LogP contribution in [0.1, 0.15) is 29.5 Å². The molecule has 2 N–H and O–H groups in total. The van der Waals surface area contributed by atoms with Crippen LogP contribution in [0.5, 0.6) is 0 Å². The van der Waals surface area contributed by atoms with E-state index in [2.05, 4.69) is 33.4 Å². The van der Waals surface area contributed by atoms with Crippen LogP contribution in [0.15, 0.2) is 71.7 Å². The van der Waals surface area contributed by atoms with Crippen molar-refractivity contribution in [3.8, 4) is 11.3 Å². The molecule has 0 radical (unpaired) electrons. The lowest BCUT2D eigenvalue weighted by atomic mass is 9.74. The fraction of sp³-hybridized carbons (Fsp3) is 0.160. The number of nitrogens with one attached hydrogen (secondary N) is 1. The van der Waals surface area contributed by atoms with Crippen molar-refractivity contribution in [1.82, 2.24) is 10.2 Å². The Balaban J connectivity index is 1.81. The van der Waals surface area contributed by atoms with Crippen LogP contribution in [0.2, 0.25) is 0 Å². The van der Waals surface area contributed by atoms with Crippen LogP contribution in [0.4, 0.5) is 5.82 Å². The molecule has 1 aromatic heterocycles. The third kappa shape index (κ3) is 2.82. The van der Waals surface area contributed by atoms with Gasteiger partial charge in [0.1, 0.15) is 5.92 Å². The number of fused-ring (bicyclic) bond motifs is 2. The highest BCUT2D eigenvalue weighted by atomic mass is 16.4. The van der Waals surface area contributed by atoms with Gasteiger partial charge in [-0.15, -0.1) is 0 Å². The van der Waals surface area contributed by atoms with Crippen molar-refractivity contribution in [3.05, 3.63) is 83.4 Å². The lowest BCUT2D eigenvalue weighted by molar-refractivity contribution is -0.139. The van der Waals surface area contributed by atoms with Gasteiger partial charge in [-0.2, -0.15) is 5.10 Å². The Bertz CT molecular complexity index is 1300. The molecule has 0 amide bonds. The number of carboxylic acid groups (broad SMARTS) is 1. The number of aromatic nitrogens is 2. The third-order valence-electron chi connectivity index (χ3n) is 5.93. The van der Waals surface area contributed by atoms with Crippen LogP contribution < -0.4 is 0 Å². The van der Waals surface area contributed by atoms with Crippen molar-refractivity contribution in [1.29, 1.82) is 0 Å². The molecule has 0 spiro atoms. The predicted molar refractivity (Wildman–Crippen MR) is 118 cm³/mol. The molecule has 2 unspecified atom stereocenters. The summed E-state index contributed by atoms with van der Waals surface area (Å²) in [6.45, 7) is 3.82. The van der Waals surface area contributed by atoms with Gasteiger partial charge >= 0.3 is 5.97 Å². The molecule has 4 aromatic rings. The van der Waals surface area contributed by atoms with Gasteiger partial charge in [0, 0.05) is 17.2 Å². The lowest BCUT2D eigenvalue weighted by Crippen LogP contribution is -2.31. The standard InChI is InChI=1S/C25H21N3O2/c1-14-10-12-17(13-11-14)23-22-21(19-9-5-7-16-6-3-4-8-18(16)19)20(25(29)30)15(2)26-24(22)28-27-23/h3-13,20-21H,1-2H3,(H,27,28)(H,29,30). The topological polar surface area (TPSA) is 78.3 Å². The van der Waals surface area contributed by atoms with Crippen molar-refractivity contribution in [2.24, 2.45) is 10.9 Å². The minimum Gasteiger partial charge on any atom is -0.481 e. The van der Waals surface area contributed by atoms with E-state index in [4.69, 9.17) is 0 Å². The molecule has 2 heterocycles. The zero-order chi connectivity index (χ0) is 20.8. The molecule has 0 saturated heterocycles. The van der Waals surface area contributed by atoms with Crippen molar-refractivity contribution >= 4 is 28.3 Å². The van der Waals surface area contributed by atoms with E-state index in [0.717, 1.165) is 38.7 Å². The Hall–Kier alpha value is -3.73. The van der Waals surface area contributed by atoms with Crippen LogP contribution in [0.25, 0.3) is 22.0 Å². The van der Waals surface area contributed by atoms with Crippen molar-refractivity contribution in [2.75, 3.05) is 0 Å². The Kier molecular flexibility index (Phi) is 4.24. The van der Waals surface area contributed by atoms with E-state index >= 15 is 0 Å². The number of rotatable bonds is 3. The van der Waals surface area contributed by atoms with Crippen molar-refractivity contribution in [3.63, 3.8) is 0 Å². The van der Waals surface area contributed by atoms with E-state index in [1.807, 2.05) is 55.5 Å². The van der Waals surface area contributed by atoms with Gasteiger partial charge in [0.05, 0.1) is 5.69 Å². The van der Waals surface area contributed by atoms with Gasteiger partial charge in [-0.25, -0.2) is 4.99 Å². The molecule has 3 aromatic carbocycles. The Labute approximate surface area is 174 Å². The molecule has 5 nitrogen and oxygen atoms in total. The summed E-state index contributed by atoms with van der Waals surface area (Å²) >= 11 is 0. The molecule has 0 saturated carbocycles. The smallest absolute Gasteiger partial charge is 0.313 e. The second-order valence-corrected chi connectivity index (χ2v) is 7.82. The molecule has 0 aliphatic carbocycles. The minimum atomic E-state index is -0.879. The monoisotopic (exact) mass is 395 g/mol. The maximum atomic E-state index is 12.4. The first-order valence-corrected chi connectivity index (χ1v) is 9.95. The Morgan fingerprint density at radius 3 is 2.47 bits per heavy atom. The molecule has 1 aliphatic heterocycles. The third-order valence-corrected chi connectivity index (χ3v) is 5.93. The fourth-order valence-corrected chi connectivity index (χ4v) is 4.48. The molecule has 148 valence electrons. The molecule has 30 heavy (non-hydrogen) atoms. The highest BCUT2D eigenvalue weighted by Gasteiger charge is 2.41. The van der Waals surface area contributed by atoms with E-state index in [-0.39, 0.29) is 0 Å². The van der Waals surface area contributed by atoms with Gasteiger partial charge in [0.2, 0.25) is 0 Å². The van der Waals surface area contributed by atoms with E-state index in [1.54, 1.807) is 6.92 Å². The Morgan fingerprint density at radius 2 is 1.70 bits per heavy atom. The van der Waals surface area contributed by atoms with Gasteiger partial charge in [-0.1, -0.05) is 72.3 Å². The molecule has 0 bridgehead atoms. The van der Waals surface area contributed by atoms with Crippen molar-refractivity contribution in [2.45, 2.75) is 19.8 Å². The molecule has 5 heteroatoms. The SMILES string of the molecule is CC1=Nc2n[nH]c(-c3ccc(C)cc3)c2C(c2cccc3ccccc23)C1C(=O)O. The summed E-state index contributed by atoms with van der Waals surface area (Å²) in [5, 5.41) is 19.9. The second-order valence-electron chi connectivity index (χ2n) is 7.82. The number of hydrogen-bond donors (Lipinski definition) is 2. The highest BCUT2D eigenvalue weighted by molar-refractivity contribution is 6.05. The average molecular weight is 395 g/mol. The minimum absolute atomic E-state index is 0.392. The first-order chi connectivity index (χ1) is 14.5. The quantitative estimate of drug-likeness (QED) is 0.482. The first-order valence-electron chi connectivity index (χ1n) is 9.95. The molecular formula is C25H21N3O2. The second kappa shape index (κ2) is 6.95. The van der Waals surface area contributed by atoms with Gasteiger partial charge in [-0.05, 0) is 35.7 Å². The van der Waals surface area contributed by atoms with Gasteiger partial charge in [-0.3, -0.25) is 9.89 Å². The largest absolute Gasteiger partial charge is 0.481 e. The maximum absolute atomic E-state index is 12.4. The summed E-state index contributed by atoms with van der Waals surface area (Å²) in [6, 6.07) is 22.3. The predicted octanol–water partition coefficient (Wildman–Crippen LogP) is 5.48. The number of carbonyl (C=O) groups is 1. The number of aromatic amines is 1. The Morgan fingerprint density at radius 1 is 0.967 bits per heavy atom. The molecule has 0 fully saturated rings. The molecule has 5 rings (SSSR count). The van der Waals surface area contributed by atoms with Gasteiger partial charge < -0.3 is 5.11 Å². The van der Waals surface area contributed by atoms with Crippen LogP contribution in [0.3, 0.4) is 0 Å². The summed E-state index contributed by atoms with van der Waals surface area (Å²) in [4.78, 5) is 17.0. The number of benzene rings is 3. The van der Waals surface area contributed by atoms with E-state index in [1.165, 1.54) is 0 Å². The number of carboxylic acids is 1. The summed E-state index contributed by atoms with van der Waals surface area (Å²) in [5.41, 5.74) is 5.34. The number of aryl methyl sites for hydroxylation is 1. The number of H-pyrrole nitrogens is 1. The van der Waals surface area contributed by atoms with E-state index in [9.17, 15) is 9.90 Å². The summed E-state index contributed by atoms with van der Waals surface area (Å²) < 4.78 is 0. The van der Waals surface area contributed by atoms with Gasteiger partial charge in [0.25, 0.3) is 0 Å². The zero-order valence-electron chi connectivity index (χ0n) is 16.8. The van der Waals surface area contributed by atoms with Crippen LogP contribution >= 0.6 is 0 Å². The van der Waals surface area contributed by atoms with E-state index < -0.39 is 17.8 Å². The summed E-state index contributed by atoms with van der Waals surface area (Å²) in [7, 11) is 0. The normalized spacial score (nSPS) is 18.1. The molecule has 1 aliphatic rings. The lowest BCUT2D eigenvalue weighted by Gasteiger charge is -2.29. The zero-order valence-corrected chi connectivity index (χ0v) is 16.8. The van der Waals surface area contributed by atoms with E-state index in [0.29, 0.717) is 11.5 Å². The summed E-state index contributed by atoms with van der Waals surface area (Å²) in [6.07, 6.45) is 0. The van der Waals surface area contributed by atoms with Crippen LogP contribution in [-0.4, -0.2) is 27.0 Å². The maximum Gasteiger partial charge on any atom is 0.313 e. The number of nitrogens with zero attached hydrogens (tertiary/aromatic N) is 2. The number of aliphatic imine (C=N–C) groups is 1. The molecule has 2 atom stereocenters. The average Bonchev–Trinajstić information content (AvgIpc) is 3.16. The number of hydrogen-bond acceptors (Lipinski definition) is 3. The van der Waals surface area contributed by atoms with Crippen LogP contribution in [0, 0.1) is 12.8 Å². The van der Waals surface area contributed by atoms with Gasteiger partial charge in [0.15, 0.2) is 5.82 Å². The molecular weight excluding hydrogens is 374 g/mol.